The normalized spacial score (nSPS) is 23.8. The summed E-state index contributed by atoms with van der Waals surface area (Å²) in [6.07, 6.45) is -1.67. The maximum Gasteiger partial charge on any atom is 0.393 e. The lowest BCUT2D eigenvalue weighted by atomic mass is 9.97. The van der Waals surface area contributed by atoms with Gasteiger partial charge in [-0.15, -0.1) is 0 Å². The number of hydrogen-bond acceptors (Lipinski definition) is 3. The van der Waals surface area contributed by atoms with E-state index in [0.717, 1.165) is 25.0 Å². The molecular formula is C20H27F3N2O2. The van der Waals surface area contributed by atoms with Crippen molar-refractivity contribution in [2.75, 3.05) is 32.8 Å². The van der Waals surface area contributed by atoms with Crippen LogP contribution < -0.4 is 0 Å². The van der Waals surface area contributed by atoms with Crippen LogP contribution in [0.3, 0.4) is 0 Å². The van der Waals surface area contributed by atoms with Crippen LogP contribution in [0.5, 0.6) is 0 Å². The van der Waals surface area contributed by atoms with Gasteiger partial charge in [0.2, 0.25) is 5.91 Å². The number of hydrogen-bond donors (Lipinski definition) is 0. The van der Waals surface area contributed by atoms with Gasteiger partial charge < -0.3 is 9.64 Å². The van der Waals surface area contributed by atoms with E-state index >= 15 is 0 Å². The van der Waals surface area contributed by atoms with Gasteiger partial charge in [-0.25, -0.2) is 0 Å². The van der Waals surface area contributed by atoms with Crippen molar-refractivity contribution in [2.45, 2.75) is 44.5 Å². The van der Waals surface area contributed by atoms with E-state index in [-0.39, 0.29) is 31.5 Å². The van der Waals surface area contributed by atoms with Gasteiger partial charge in [0, 0.05) is 32.8 Å². The summed E-state index contributed by atoms with van der Waals surface area (Å²) in [6.45, 7) is 2.25. The fourth-order valence-electron chi connectivity index (χ4n) is 3.87. The smallest absolute Gasteiger partial charge is 0.377 e. The van der Waals surface area contributed by atoms with E-state index in [1.165, 1.54) is 4.90 Å². The van der Waals surface area contributed by atoms with Crippen LogP contribution in [0.1, 0.15) is 31.2 Å². The molecule has 0 radical (unpaired) electrons. The third-order valence-electron chi connectivity index (χ3n) is 5.33. The summed E-state index contributed by atoms with van der Waals surface area (Å²) in [4.78, 5) is 16.1. The first-order valence-corrected chi connectivity index (χ1v) is 9.64. The summed E-state index contributed by atoms with van der Waals surface area (Å²) in [5.74, 6) is -1.63. The Hall–Kier alpha value is -1.60. The third kappa shape index (κ3) is 5.94. The van der Waals surface area contributed by atoms with Crippen molar-refractivity contribution in [2.24, 2.45) is 5.92 Å². The largest absolute Gasteiger partial charge is 0.393 e. The van der Waals surface area contributed by atoms with E-state index in [4.69, 9.17) is 4.74 Å². The van der Waals surface area contributed by atoms with Gasteiger partial charge in [0.05, 0.1) is 18.6 Å². The fourth-order valence-corrected chi connectivity index (χ4v) is 3.87. The van der Waals surface area contributed by atoms with Crippen LogP contribution in [0, 0.1) is 5.92 Å². The molecule has 0 aliphatic carbocycles. The fraction of sp³-hybridized carbons (Fsp3) is 0.650. The molecule has 7 heteroatoms. The molecule has 2 unspecified atom stereocenters. The molecule has 2 aliphatic rings. The summed E-state index contributed by atoms with van der Waals surface area (Å²) in [5, 5.41) is 0. The molecule has 1 aromatic rings. The molecule has 2 atom stereocenters. The zero-order valence-electron chi connectivity index (χ0n) is 15.5. The van der Waals surface area contributed by atoms with Gasteiger partial charge >= 0.3 is 6.18 Å². The highest BCUT2D eigenvalue weighted by Gasteiger charge is 2.42. The molecule has 1 amide bonds. The third-order valence-corrected chi connectivity index (χ3v) is 5.33. The Morgan fingerprint density at radius 1 is 1.19 bits per heavy atom. The monoisotopic (exact) mass is 384 g/mol. The minimum absolute atomic E-state index is 0.0887. The first kappa shape index (κ1) is 20.1. The van der Waals surface area contributed by atoms with Gasteiger partial charge in [-0.3, -0.25) is 9.69 Å². The lowest BCUT2D eigenvalue weighted by molar-refractivity contribution is -0.188. The van der Waals surface area contributed by atoms with Crippen molar-refractivity contribution < 1.29 is 22.7 Å². The van der Waals surface area contributed by atoms with Crippen LogP contribution in [0.4, 0.5) is 13.2 Å². The number of likely N-dealkylation sites (tertiary alicyclic amines) is 1. The number of halogens is 3. The maximum atomic E-state index is 13.0. The summed E-state index contributed by atoms with van der Waals surface area (Å²) < 4.78 is 44.8. The van der Waals surface area contributed by atoms with E-state index in [1.54, 1.807) is 0 Å². The van der Waals surface area contributed by atoms with Gasteiger partial charge in [-0.05, 0) is 31.2 Å². The van der Waals surface area contributed by atoms with E-state index < -0.39 is 12.1 Å². The maximum absolute atomic E-state index is 13.0. The summed E-state index contributed by atoms with van der Waals surface area (Å²) in [6, 6.07) is 9.81. The number of amides is 1. The van der Waals surface area contributed by atoms with Crippen molar-refractivity contribution >= 4 is 5.91 Å². The van der Waals surface area contributed by atoms with Crippen molar-refractivity contribution in [3.8, 4) is 0 Å². The van der Waals surface area contributed by atoms with E-state index in [9.17, 15) is 18.0 Å². The van der Waals surface area contributed by atoms with Crippen LogP contribution >= 0.6 is 0 Å². The van der Waals surface area contributed by atoms with Crippen molar-refractivity contribution in [1.82, 2.24) is 9.80 Å². The molecule has 2 heterocycles. The lowest BCUT2D eigenvalue weighted by Gasteiger charge is -2.35. The summed E-state index contributed by atoms with van der Waals surface area (Å²) in [5.41, 5.74) is 1.08. The number of piperidine rings is 1. The second kappa shape index (κ2) is 9.06. The number of alkyl halides is 3. The van der Waals surface area contributed by atoms with Gasteiger partial charge in [-0.2, -0.15) is 13.2 Å². The van der Waals surface area contributed by atoms with Crippen molar-refractivity contribution in [1.29, 1.82) is 0 Å². The standard InChI is InChI=1S/C20H27F3N2O2/c21-20(22,23)17-8-4-10-25(13-17)19(26)15-24(14-18-9-5-11-27-18)12-16-6-2-1-3-7-16/h1-3,6-7,17-18H,4-5,8-15H2. The van der Waals surface area contributed by atoms with Gasteiger partial charge in [0.25, 0.3) is 0 Å². The van der Waals surface area contributed by atoms with Crippen LogP contribution in [0.25, 0.3) is 0 Å². The van der Waals surface area contributed by atoms with Crippen LogP contribution in [0.15, 0.2) is 30.3 Å². The first-order chi connectivity index (χ1) is 12.9. The zero-order valence-corrected chi connectivity index (χ0v) is 15.5. The molecule has 150 valence electrons. The van der Waals surface area contributed by atoms with Gasteiger partial charge in [0.15, 0.2) is 0 Å². The molecule has 0 bridgehead atoms. The SMILES string of the molecule is O=C(CN(Cc1ccccc1)CC1CCCO1)N1CCCC(C(F)(F)F)C1. The van der Waals surface area contributed by atoms with Crippen LogP contribution in [-0.4, -0.2) is 60.8 Å². The van der Waals surface area contributed by atoms with E-state index in [2.05, 4.69) is 0 Å². The molecule has 0 N–H and O–H groups in total. The molecule has 0 aromatic heterocycles. The highest BCUT2D eigenvalue weighted by atomic mass is 19.4. The Labute approximate surface area is 158 Å². The number of carbonyl (C=O) groups is 1. The van der Waals surface area contributed by atoms with Gasteiger partial charge in [-0.1, -0.05) is 30.3 Å². The number of benzene rings is 1. The molecule has 2 aliphatic heterocycles. The summed E-state index contributed by atoms with van der Waals surface area (Å²) in [7, 11) is 0. The second-order valence-electron chi connectivity index (χ2n) is 7.51. The number of ether oxygens (including phenoxy) is 1. The predicted octanol–water partition coefficient (Wildman–Crippen LogP) is 3.47. The van der Waals surface area contributed by atoms with Crippen molar-refractivity contribution in [3.05, 3.63) is 35.9 Å². The molecule has 1 aromatic carbocycles. The summed E-state index contributed by atoms with van der Waals surface area (Å²) >= 11 is 0. The molecule has 0 saturated carbocycles. The zero-order chi connectivity index (χ0) is 19.3. The molecule has 0 spiro atoms. The second-order valence-corrected chi connectivity index (χ2v) is 7.51. The lowest BCUT2D eigenvalue weighted by Crippen LogP contribution is -2.48. The Morgan fingerprint density at radius 3 is 2.63 bits per heavy atom. The van der Waals surface area contributed by atoms with Gasteiger partial charge in [0.1, 0.15) is 0 Å². The Bertz CT molecular complexity index is 603. The Balaban J connectivity index is 1.62. The highest BCUT2D eigenvalue weighted by molar-refractivity contribution is 5.78. The molecular weight excluding hydrogens is 357 g/mol. The van der Waals surface area contributed by atoms with Crippen molar-refractivity contribution in [3.63, 3.8) is 0 Å². The number of rotatable bonds is 6. The molecule has 3 rings (SSSR count). The topological polar surface area (TPSA) is 32.8 Å². The number of nitrogens with zero attached hydrogens (tertiary/aromatic N) is 2. The average molecular weight is 384 g/mol. The predicted molar refractivity (Wildman–Crippen MR) is 96.1 cm³/mol. The molecule has 27 heavy (non-hydrogen) atoms. The average Bonchev–Trinajstić information content (AvgIpc) is 3.15. The minimum atomic E-state index is -4.24. The van der Waals surface area contributed by atoms with E-state index in [1.807, 2.05) is 35.2 Å². The highest BCUT2D eigenvalue weighted by Crippen LogP contribution is 2.33. The molecule has 2 fully saturated rings. The first-order valence-electron chi connectivity index (χ1n) is 9.64. The quantitative estimate of drug-likeness (QED) is 0.753. The number of carbonyl (C=O) groups excluding carboxylic acids is 1. The minimum Gasteiger partial charge on any atom is -0.377 e. The molecule has 4 nitrogen and oxygen atoms in total. The molecule has 2 saturated heterocycles. The van der Waals surface area contributed by atoms with Crippen LogP contribution in [-0.2, 0) is 16.1 Å². The van der Waals surface area contributed by atoms with E-state index in [0.29, 0.717) is 26.1 Å². The Kier molecular flexibility index (Phi) is 6.76. The van der Waals surface area contributed by atoms with Crippen LogP contribution in [0.2, 0.25) is 0 Å². The Morgan fingerprint density at radius 2 is 1.96 bits per heavy atom.